The summed E-state index contributed by atoms with van der Waals surface area (Å²) < 4.78 is 5.05. The number of pyridine rings is 1. The Morgan fingerprint density at radius 2 is 2.18 bits per heavy atom. The van der Waals surface area contributed by atoms with E-state index in [0.29, 0.717) is 17.3 Å². The first-order valence-electron chi connectivity index (χ1n) is 7.72. The highest BCUT2D eigenvalue weighted by Crippen LogP contribution is 2.30. The van der Waals surface area contributed by atoms with Crippen LogP contribution in [0.1, 0.15) is 29.6 Å². The van der Waals surface area contributed by atoms with Crippen molar-refractivity contribution in [3.8, 4) is 0 Å². The first kappa shape index (κ1) is 15.0. The maximum absolute atomic E-state index is 12.4. The first-order chi connectivity index (χ1) is 10.7. The van der Waals surface area contributed by atoms with Gasteiger partial charge in [0.2, 0.25) is 5.91 Å². The quantitative estimate of drug-likeness (QED) is 0.865. The molecule has 0 aromatic carbocycles. The molecule has 2 aliphatic rings. The lowest BCUT2D eigenvalue weighted by Gasteiger charge is -2.39. The number of ether oxygens (including phenoxy) is 1. The van der Waals surface area contributed by atoms with Crippen LogP contribution >= 0.6 is 0 Å². The van der Waals surface area contributed by atoms with E-state index in [1.165, 1.54) is 0 Å². The number of nitrogens with one attached hydrogen (secondary N) is 1. The maximum atomic E-state index is 12.4. The molecule has 2 fully saturated rings. The normalized spacial score (nSPS) is 18.0. The minimum atomic E-state index is -0.00186. The molecule has 118 valence electrons. The summed E-state index contributed by atoms with van der Waals surface area (Å²) in [6.45, 7) is 2.28. The van der Waals surface area contributed by atoms with Gasteiger partial charge in [-0.15, -0.1) is 0 Å². The Balaban J connectivity index is 1.55. The van der Waals surface area contributed by atoms with Crippen molar-refractivity contribution in [3.05, 3.63) is 23.9 Å². The monoisotopic (exact) mass is 303 g/mol. The molecule has 1 saturated carbocycles. The smallest absolute Gasteiger partial charge is 0.254 e. The molecule has 0 unspecified atom stereocenters. The van der Waals surface area contributed by atoms with Crippen LogP contribution in [-0.4, -0.2) is 48.5 Å². The zero-order valence-electron chi connectivity index (χ0n) is 12.7. The van der Waals surface area contributed by atoms with Gasteiger partial charge in [-0.1, -0.05) is 0 Å². The van der Waals surface area contributed by atoms with Gasteiger partial charge in [-0.25, -0.2) is 4.98 Å². The van der Waals surface area contributed by atoms with Gasteiger partial charge < -0.3 is 15.0 Å². The third-order valence-corrected chi connectivity index (χ3v) is 4.18. The summed E-state index contributed by atoms with van der Waals surface area (Å²) in [5.74, 6) is 1.11. The van der Waals surface area contributed by atoms with Crippen molar-refractivity contribution in [3.63, 3.8) is 0 Å². The van der Waals surface area contributed by atoms with Crippen molar-refractivity contribution >= 4 is 17.6 Å². The lowest BCUT2D eigenvalue weighted by Crippen LogP contribution is -2.50. The van der Waals surface area contributed by atoms with Crippen molar-refractivity contribution in [1.82, 2.24) is 9.88 Å². The number of methoxy groups -OCH3 is 1. The predicted molar refractivity (Wildman–Crippen MR) is 81.5 cm³/mol. The standard InChI is InChI=1S/C16H21N3O3/c1-22-7-5-11-9-19(10-11)16(21)13-4-6-17-14(8-13)18-15(20)12-2-3-12/h4,6,8,11-12H,2-3,5,7,9-10H2,1H3,(H,17,18,20). The Labute approximate surface area is 129 Å². The van der Waals surface area contributed by atoms with Gasteiger partial charge in [-0.2, -0.15) is 0 Å². The average Bonchev–Trinajstić information content (AvgIpc) is 3.30. The van der Waals surface area contributed by atoms with Crippen LogP contribution in [0.5, 0.6) is 0 Å². The van der Waals surface area contributed by atoms with Gasteiger partial charge in [0, 0.05) is 44.5 Å². The molecule has 2 heterocycles. The molecule has 1 aliphatic carbocycles. The summed E-state index contributed by atoms with van der Waals surface area (Å²) in [6.07, 6.45) is 4.44. The summed E-state index contributed by atoms with van der Waals surface area (Å²) in [7, 11) is 1.69. The van der Waals surface area contributed by atoms with Crippen molar-refractivity contribution in [1.29, 1.82) is 0 Å². The summed E-state index contributed by atoms with van der Waals surface area (Å²) in [5.41, 5.74) is 0.575. The fourth-order valence-electron chi connectivity index (χ4n) is 2.59. The van der Waals surface area contributed by atoms with Crippen molar-refractivity contribution < 1.29 is 14.3 Å². The summed E-state index contributed by atoms with van der Waals surface area (Å²) in [5, 5.41) is 2.77. The molecule has 0 radical (unpaired) electrons. The van der Waals surface area contributed by atoms with Crippen molar-refractivity contribution in [2.24, 2.45) is 11.8 Å². The number of rotatable bonds is 6. The molecule has 1 aromatic rings. The van der Waals surface area contributed by atoms with E-state index < -0.39 is 0 Å². The van der Waals surface area contributed by atoms with Crippen LogP contribution in [0, 0.1) is 11.8 Å². The van der Waals surface area contributed by atoms with E-state index in [1.54, 1.807) is 25.4 Å². The summed E-state index contributed by atoms with van der Waals surface area (Å²) in [6, 6.07) is 3.35. The molecule has 0 bridgehead atoms. The number of hydrogen-bond donors (Lipinski definition) is 1. The van der Waals surface area contributed by atoms with E-state index in [-0.39, 0.29) is 17.7 Å². The molecule has 2 amide bonds. The zero-order chi connectivity index (χ0) is 15.5. The fourth-order valence-corrected chi connectivity index (χ4v) is 2.59. The number of aromatic nitrogens is 1. The van der Waals surface area contributed by atoms with Gasteiger partial charge in [-0.3, -0.25) is 9.59 Å². The second-order valence-corrected chi connectivity index (χ2v) is 6.05. The SMILES string of the molecule is COCCC1CN(C(=O)c2ccnc(NC(=O)C3CC3)c2)C1. The van der Waals surface area contributed by atoms with Crippen LogP contribution < -0.4 is 5.32 Å². The predicted octanol–water partition coefficient (Wildman–Crippen LogP) is 1.54. The zero-order valence-corrected chi connectivity index (χ0v) is 12.7. The number of nitrogens with zero attached hydrogens (tertiary/aromatic N) is 2. The van der Waals surface area contributed by atoms with Crippen molar-refractivity contribution in [2.75, 3.05) is 32.1 Å². The number of carbonyl (C=O) groups is 2. The second kappa shape index (κ2) is 6.44. The lowest BCUT2D eigenvalue weighted by molar-refractivity contribution is -0.117. The number of carbonyl (C=O) groups excluding carboxylic acids is 2. The molecule has 1 N–H and O–H groups in total. The highest BCUT2D eigenvalue weighted by molar-refractivity contribution is 5.97. The Morgan fingerprint density at radius 3 is 2.86 bits per heavy atom. The summed E-state index contributed by atoms with van der Waals surface area (Å²) in [4.78, 5) is 30.1. The van der Waals surface area contributed by atoms with Gasteiger partial charge in [0.05, 0.1) is 0 Å². The maximum Gasteiger partial charge on any atom is 0.254 e. The highest BCUT2D eigenvalue weighted by Gasteiger charge is 2.32. The molecule has 0 atom stereocenters. The van der Waals surface area contributed by atoms with E-state index >= 15 is 0 Å². The first-order valence-corrected chi connectivity index (χ1v) is 7.72. The van der Waals surface area contributed by atoms with Gasteiger partial charge >= 0.3 is 0 Å². The molecular weight excluding hydrogens is 282 g/mol. The third kappa shape index (κ3) is 3.44. The third-order valence-electron chi connectivity index (χ3n) is 4.18. The van der Waals surface area contributed by atoms with Crippen LogP contribution in [0.15, 0.2) is 18.3 Å². The van der Waals surface area contributed by atoms with E-state index in [9.17, 15) is 9.59 Å². The molecule has 0 spiro atoms. The average molecular weight is 303 g/mol. The highest BCUT2D eigenvalue weighted by atomic mass is 16.5. The van der Waals surface area contributed by atoms with Gasteiger partial charge in [0.1, 0.15) is 5.82 Å². The van der Waals surface area contributed by atoms with E-state index in [0.717, 1.165) is 39.0 Å². The Morgan fingerprint density at radius 1 is 1.41 bits per heavy atom. The molecule has 1 saturated heterocycles. The van der Waals surface area contributed by atoms with Gasteiger partial charge in [-0.05, 0) is 37.3 Å². The molecule has 3 rings (SSSR count). The van der Waals surface area contributed by atoms with E-state index in [4.69, 9.17) is 4.74 Å². The summed E-state index contributed by atoms with van der Waals surface area (Å²) >= 11 is 0. The molecule has 6 heteroatoms. The van der Waals surface area contributed by atoms with Crippen LogP contribution in [0.4, 0.5) is 5.82 Å². The number of likely N-dealkylation sites (tertiary alicyclic amines) is 1. The number of anilines is 1. The second-order valence-electron chi connectivity index (χ2n) is 6.05. The molecule has 22 heavy (non-hydrogen) atoms. The minimum absolute atomic E-state index is 0.000629. The number of amides is 2. The van der Waals surface area contributed by atoms with Crippen LogP contribution in [0.25, 0.3) is 0 Å². The molecule has 6 nitrogen and oxygen atoms in total. The van der Waals surface area contributed by atoms with E-state index in [2.05, 4.69) is 10.3 Å². The molecule has 1 aromatic heterocycles. The number of hydrogen-bond acceptors (Lipinski definition) is 4. The lowest BCUT2D eigenvalue weighted by atomic mass is 9.96. The van der Waals surface area contributed by atoms with Crippen LogP contribution in [0.3, 0.4) is 0 Å². The Kier molecular flexibility index (Phi) is 4.38. The largest absolute Gasteiger partial charge is 0.385 e. The molecular formula is C16H21N3O3. The van der Waals surface area contributed by atoms with Gasteiger partial charge in [0.25, 0.3) is 5.91 Å². The van der Waals surface area contributed by atoms with Crippen LogP contribution in [0.2, 0.25) is 0 Å². The van der Waals surface area contributed by atoms with Crippen molar-refractivity contribution in [2.45, 2.75) is 19.3 Å². The van der Waals surface area contributed by atoms with E-state index in [1.807, 2.05) is 4.90 Å². The molecule has 1 aliphatic heterocycles. The topological polar surface area (TPSA) is 71.5 Å². The van der Waals surface area contributed by atoms with Gasteiger partial charge in [0.15, 0.2) is 0 Å². The minimum Gasteiger partial charge on any atom is -0.385 e. The fraction of sp³-hybridized carbons (Fsp3) is 0.562. The van der Waals surface area contributed by atoms with Crippen LogP contribution in [-0.2, 0) is 9.53 Å². The Hall–Kier alpha value is -1.95. The Bertz CT molecular complexity index is 566.